The molecule has 1 amide bonds. The van der Waals surface area contributed by atoms with E-state index in [4.69, 9.17) is 4.74 Å². The van der Waals surface area contributed by atoms with Crippen molar-refractivity contribution < 1.29 is 41.0 Å². The van der Waals surface area contributed by atoms with Gasteiger partial charge in [-0.3, -0.25) is 10.00 Å². The van der Waals surface area contributed by atoms with Gasteiger partial charge in [0.1, 0.15) is 10.5 Å². The fourth-order valence-electron chi connectivity index (χ4n) is 5.58. The van der Waals surface area contributed by atoms with E-state index in [-0.39, 0.29) is 16.5 Å². The highest BCUT2D eigenvalue weighted by atomic mass is 32.1. The maximum atomic E-state index is 14.1. The van der Waals surface area contributed by atoms with Crippen LogP contribution in [0, 0.1) is 0 Å². The molecule has 0 unspecified atom stereocenters. The van der Waals surface area contributed by atoms with Gasteiger partial charge in [-0.05, 0) is 75.1 Å². The first-order valence-corrected chi connectivity index (χ1v) is 15.1. The molecule has 1 saturated heterocycles. The van der Waals surface area contributed by atoms with Gasteiger partial charge in [0, 0.05) is 30.6 Å². The van der Waals surface area contributed by atoms with E-state index in [1.165, 1.54) is 6.20 Å². The number of nitrogens with zero attached hydrogens (tertiary/aromatic N) is 4. The first kappa shape index (κ1) is 31.7. The fourth-order valence-corrected chi connectivity index (χ4v) is 6.60. The van der Waals surface area contributed by atoms with Gasteiger partial charge in [0.05, 0.1) is 28.4 Å². The molecule has 4 aromatic rings. The Morgan fingerprint density at radius 1 is 1.04 bits per heavy atom. The van der Waals surface area contributed by atoms with Crippen molar-refractivity contribution in [2.24, 2.45) is 0 Å². The summed E-state index contributed by atoms with van der Waals surface area (Å²) in [7, 11) is 0. The lowest BCUT2D eigenvalue weighted by atomic mass is 9.96. The van der Waals surface area contributed by atoms with Crippen molar-refractivity contribution in [2.75, 3.05) is 24.5 Å². The number of carbonyl (C=O) groups excluding carboxylic acids is 1. The fraction of sp³-hybridized carbons (Fsp3) is 0.387. The highest BCUT2D eigenvalue weighted by molar-refractivity contribution is 7.17. The number of piperazine rings is 1. The Hall–Kier alpha value is -4.27. The first-order chi connectivity index (χ1) is 21.4. The number of amides is 1. The standard InChI is InChI=1S/C31H29F6N5O3S/c1-28(2,3)45-27(44)42-11-10-41(16-29(42)8-9-29)26-39-25(43)24(46-26)21(17-5-7-23-19(12-17)15-38-40-23)13-18-4-6-20(30(32,33)34)14-22(18)31(35,36)37/h4-7,12-15,43H,8-11,16H2,1-3H3,(H,38,40). The molecule has 0 bridgehead atoms. The van der Waals surface area contributed by atoms with Crippen molar-refractivity contribution in [3.05, 3.63) is 69.7 Å². The van der Waals surface area contributed by atoms with Gasteiger partial charge in [-0.15, -0.1) is 0 Å². The zero-order valence-electron chi connectivity index (χ0n) is 24.9. The third-order valence-electron chi connectivity index (χ3n) is 7.94. The summed E-state index contributed by atoms with van der Waals surface area (Å²) in [4.78, 5) is 21.0. The van der Waals surface area contributed by atoms with Crippen LogP contribution in [0.2, 0.25) is 0 Å². The third-order valence-corrected chi connectivity index (χ3v) is 9.08. The number of ether oxygens (including phenoxy) is 1. The van der Waals surface area contributed by atoms with E-state index in [2.05, 4.69) is 15.2 Å². The molecule has 2 aromatic carbocycles. The van der Waals surface area contributed by atoms with E-state index < -0.39 is 52.2 Å². The number of hydrogen-bond donors (Lipinski definition) is 2. The monoisotopic (exact) mass is 665 g/mol. The predicted octanol–water partition coefficient (Wildman–Crippen LogP) is 7.94. The predicted molar refractivity (Wildman–Crippen MR) is 160 cm³/mol. The molecular formula is C31H29F6N5O3S. The van der Waals surface area contributed by atoms with Crippen LogP contribution in [0.5, 0.6) is 5.88 Å². The Balaban J connectivity index is 1.41. The normalized spacial score (nSPS) is 17.2. The molecule has 15 heteroatoms. The second-order valence-electron chi connectivity index (χ2n) is 12.5. The Morgan fingerprint density at radius 2 is 1.78 bits per heavy atom. The van der Waals surface area contributed by atoms with Gasteiger partial charge in [0.2, 0.25) is 5.88 Å². The van der Waals surface area contributed by atoms with Gasteiger partial charge in [0.15, 0.2) is 5.13 Å². The Labute approximate surface area is 263 Å². The number of alkyl halides is 6. The number of nitrogens with one attached hydrogen (secondary N) is 1. The van der Waals surface area contributed by atoms with Gasteiger partial charge in [-0.25, -0.2) is 4.79 Å². The van der Waals surface area contributed by atoms with Crippen molar-refractivity contribution in [3.63, 3.8) is 0 Å². The van der Waals surface area contributed by atoms with E-state index in [1.54, 1.807) is 43.9 Å². The Kier molecular flexibility index (Phi) is 7.53. The summed E-state index contributed by atoms with van der Waals surface area (Å²) in [6.07, 6.45) is -6.36. The van der Waals surface area contributed by atoms with Crippen LogP contribution in [0.4, 0.5) is 36.3 Å². The summed E-state index contributed by atoms with van der Waals surface area (Å²) in [6.45, 7) is 6.49. The molecule has 3 heterocycles. The molecule has 46 heavy (non-hydrogen) atoms. The minimum atomic E-state index is -5.10. The second kappa shape index (κ2) is 10.9. The molecule has 1 aliphatic carbocycles. The molecule has 2 N–H and O–H groups in total. The van der Waals surface area contributed by atoms with Crippen molar-refractivity contribution in [1.82, 2.24) is 20.1 Å². The number of aromatic hydroxyl groups is 1. The van der Waals surface area contributed by atoms with Gasteiger partial charge in [0.25, 0.3) is 0 Å². The highest BCUT2D eigenvalue weighted by Gasteiger charge is 2.54. The van der Waals surface area contributed by atoms with Crippen LogP contribution >= 0.6 is 11.3 Å². The minimum absolute atomic E-state index is 0.0833. The van der Waals surface area contributed by atoms with Crippen LogP contribution in [-0.2, 0) is 17.1 Å². The van der Waals surface area contributed by atoms with Crippen LogP contribution in [0.1, 0.15) is 60.7 Å². The minimum Gasteiger partial charge on any atom is -0.492 e. The average Bonchev–Trinajstić information content (AvgIpc) is 3.35. The summed E-state index contributed by atoms with van der Waals surface area (Å²) >= 11 is 1.04. The van der Waals surface area contributed by atoms with E-state index in [9.17, 15) is 36.2 Å². The molecular weight excluding hydrogens is 636 g/mol. The number of H-pyrrole nitrogens is 1. The summed E-state index contributed by atoms with van der Waals surface area (Å²) in [6, 6.07) is 6.37. The quantitative estimate of drug-likeness (QED) is 0.170. The van der Waals surface area contributed by atoms with Gasteiger partial charge >= 0.3 is 18.4 Å². The average molecular weight is 666 g/mol. The van der Waals surface area contributed by atoms with Gasteiger partial charge in [-0.2, -0.15) is 36.4 Å². The molecule has 244 valence electrons. The smallest absolute Gasteiger partial charge is 0.417 e. The van der Waals surface area contributed by atoms with Crippen LogP contribution < -0.4 is 4.90 Å². The lowest BCUT2D eigenvalue weighted by Crippen LogP contribution is -2.58. The van der Waals surface area contributed by atoms with Crippen molar-refractivity contribution in [3.8, 4) is 5.88 Å². The molecule has 8 nitrogen and oxygen atoms in total. The number of anilines is 1. The Bertz CT molecular complexity index is 1830. The molecule has 1 saturated carbocycles. The van der Waals surface area contributed by atoms with Crippen LogP contribution in [-0.4, -0.2) is 62.1 Å². The Morgan fingerprint density at radius 3 is 2.43 bits per heavy atom. The van der Waals surface area contributed by atoms with E-state index in [0.717, 1.165) is 36.3 Å². The largest absolute Gasteiger partial charge is 0.492 e. The number of aromatic amines is 1. The van der Waals surface area contributed by atoms with Gasteiger partial charge < -0.3 is 14.7 Å². The molecule has 6 rings (SSSR count). The highest BCUT2D eigenvalue weighted by Crippen LogP contribution is 2.48. The van der Waals surface area contributed by atoms with Crippen molar-refractivity contribution >= 4 is 45.1 Å². The lowest BCUT2D eigenvalue weighted by molar-refractivity contribution is -0.143. The number of thiazole rings is 1. The SMILES string of the molecule is CC(C)(C)OC(=O)N1CCN(c2nc(O)c(C(=Cc3ccc(C(F)(F)F)cc3C(F)(F)F)c3ccc4[nH]ncc4c3)s2)CC12CC2. The van der Waals surface area contributed by atoms with E-state index >= 15 is 0 Å². The zero-order chi connectivity index (χ0) is 33.2. The van der Waals surface area contributed by atoms with Crippen molar-refractivity contribution in [1.29, 1.82) is 0 Å². The molecule has 1 spiro atoms. The maximum absolute atomic E-state index is 14.1. The molecule has 2 aliphatic rings. The lowest BCUT2D eigenvalue weighted by Gasteiger charge is -2.42. The third kappa shape index (κ3) is 6.24. The molecule has 1 aliphatic heterocycles. The molecule has 0 atom stereocenters. The topological polar surface area (TPSA) is 94.6 Å². The number of fused-ring (bicyclic) bond motifs is 1. The molecule has 2 aromatic heterocycles. The number of halogens is 6. The van der Waals surface area contributed by atoms with Crippen LogP contribution in [0.3, 0.4) is 0 Å². The van der Waals surface area contributed by atoms with E-state index in [1.807, 2.05) is 4.90 Å². The number of hydrogen-bond acceptors (Lipinski definition) is 7. The maximum Gasteiger partial charge on any atom is 0.417 e. The number of rotatable bonds is 4. The van der Waals surface area contributed by atoms with Crippen molar-refractivity contribution in [2.45, 2.75) is 57.1 Å². The summed E-state index contributed by atoms with van der Waals surface area (Å²) in [5.41, 5.74) is -3.37. The zero-order valence-corrected chi connectivity index (χ0v) is 25.7. The summed E-state index contributed by atoms with van der Waals surface area (Å²) in [5, 5.41) is 18.9. The van der Waals surface area contributed by atoms with Crippen LogP contribution in [0.25, 0.3) is 22.6 Å². The van der Waals surface area contributed by atoms with Gasteiger partial charge in [-0.1, -0.05) is 23.5 Å². The molecule has 2 fully saturated rings. The summed E-state index contributed by atoms with van der Waals surface area (Å²) < 4.78 is 88.0. The first-order valence-electron chi connectivity index (χ1n) is 14.3. The number of aromatic nitrogens is 3. The second-order valence-corrected chi connectivity index (χ2v) is 13.4. The summed E-state index contributed by atoms with van der Waals surface area (Å²) in [5.74, 6) is -0.446. The number of carbonyl (C=O) groups is 1. The molecule has 0 radical (unpaired) electrons. The number of benzene rings is 2. The van der Waals surface area contributed by atoms with Crippen LogP contribution in [0.15, 0.2) is 42.6 Å². The van der Waals surface area contributed by atoms with E-state index in [0.29, 0.717) is 47.3 Å².